The highest BCUT2D eigenvalue weighted by molar-refractivity contribution is 5.82. The van der Waals surface area contributed by atoms with Gasteiger partial charge >= 0.3 is 5.97 Å². The average molecular weight is 532 g/mol. The largest absolute Gasteiger partial charge is 0.504 e. The molecular weight excluding hydrogens is 502 g/mol. The zero-order valence-corrected chi connectivity index (χ0v) is 20.5. The number of carbonyl (C=O) groups excluding carboxylic acids is 1. The Morgan fingerprint density at radius 2 is 1.24 bits per heavy atom. The summed E-state index contributed by atoms with van der Waals surface area (Å²) in [5.74, 6) is -2.27. The Hall–Kier alpha value is -4.68. The molecule has 0 saturated heterocycles. The van der Waals surface area contributed by atoms with E-state index in [0.29, 0.717) is 12.0 Å². The maximum atomic E-state index is 12.0. The van der Waals surface area contributed by atoms with Crippen molar-refractivity contribution in [3.63, 3.8) is 0 Å². The Balaban J connectivity index is 0.000000308. The van der Waals surface area contributed by atoms with Crippen molar-refractivity contribution in [1.29, 1.82) is 0 Å². The van der Waals surface area contributed by atoms with Crippen molar-refractivity contribution in [3.8, 4) is 34.5 Å². The highest BCUT2D eigenvalue weighted by atomic mass is 16.5. The van der Waals surface area contributed by atoms with Crippen molar-refractivity contribution < 1.29 is 54.8 Å². The molecule has 0 radical (unpaired) electrons. The Bertz CT molecular complexity index is 1260. The number of carboxylic acid groups (broad SMARTS) is 1. The number of aliphatic hydroxyl groups excluding tert-OH is 2. The van der Waals surface area contributed by atoms with Gasteiger partial charge in [0.05, 0.1) is 14.2 Å². The smallest absolute Gasteiger partial charge is 0.337 e. The van der Waals surface area contributed by atoms with Gasteiger partial charge in [-0.2, -0.15) is 0 Å². The van der Waals surface area contributed by atoms with Crippen molar-refractivity contribution >= 4 is 11.9 Å². The van der Waals surface area contributed by atoms with Gasteiger partial charge in [-0.15, -0.1) is 0 Å². The summed E-state index contributed by atoms with van der Waals surface area (Å²) in [4.78, 5) is 22.4. The van der Waals surface area contributed by atoms with E-state index in [0.717, 1.165) is 5.56 Å². The molecule has 38 heavy (non-hydrogen) atoms. The van der Waals surface area contributed by atoms with E-state index < -0.39 is 24.1 Å². The third-order valence-electron chi connectivity index (χ3n) is 5.27. The number of methoxy groups -OCH3 is 2. The maximum Gasteiger partial charge on any atom is 0.337 e. The fourth-order valence-electron chi connectivity index (χ4n) is 3.17. The van der Waals surface area contributed by atoms with Gasteiger partial charge in [-0.3, -0.25) is 4.79 Å². The molecule has 12 heteroatoms. The van der Waals surface area contributed by atoms with Gasteiger partial charge in [0.25, 0.3) is 5.91 Å². The van der Waals surface area contributed by atoms with Crippen LogP contribution in [0.5, 0.6) is 34.5 Å². The third kappa shape index (κ3) is 7.91. The number of nitrogens with one attached hydrogen (secondary N) is 1. The molecule has 2 atom stereocenters. The average Bonchev–Trinajstić information content (AvgIpc) is 2.90. The summed E-state index contributed by atoms with van der Waals surface area (Å²) in [5, 5.41) is 67.7. The number of aliphatic carboxylic acids is 1. The minimum atomic E-state index is -1.61. The van der Waals surface area contributed by atoms with E-state index in [1.54, 1.807) is 6.07 Å². The van der Waals surface area contributed by atoms with Crippen molar-refractivity contribution in [1.82, 2.24) is 5.32 Å². The van der Waals surface area contributed by atoms with E-state index in [1.807, 2.05) is 0 Å². The van der Waals surface area contributed by atoms with Crippen molar-refractivity contribution in [2.24, 2.45) is 0 Å². The van der Waals surface area contributed by atoms with Crippen LogP contribution in [0.2, 0.25) is 0 Å². The monoisotopic (exact) mass is 531 g/mol. The van der Waals surface area contributed by atoms with Gasteiger partial charge in [-0.25, -0.2) is 4.79 Å². The number of phenolic OH excluding ortho intramolecular Hbond substituents is 4. The Kier molecular flexibility index (Phi) is 10.6. The molecule has 3 aromatic carbocycles. The third-order valence-corrected chi connectivity index (χ3v) is 5.27. The van der Waals surface area contributed by atoms with E-state index in [9.17, 15) is 40.2 Å². The summed E-state index contributed by atoms with van der Waals surface area (Å²) in [5.41, 5.74) is 1.18. The molecule has 1 amide bonds. The number of rotatable bonds is 9. The zero-order chi connectivity index (χ0) is 28.4. The summed E-state index contributed by atoms with van der Waals surface area (Å²) in [6.07, 6.45) is -2.58. The van der Waals surface area contributed by atoms with Crippen LogP contribution in [0.4, 0.5) is 0 Å². The first kappa shape index (κ1) is 29.5. The minimum Gasteiger partial charge on any atom is -0.504 e. The highest BCUT2D eigenvalue weighted by Crippen LogP contribution is 2.30. The molecule has 3 rings (SSSR count). The van der Waals surface area contributed by atoms with Crippen LogP contribution in [0.1, 0.15) is 28.9 Å². The summed E-state index contributed by atoms with van der Waals surface area (Å²) >= 11 is 0. The zero-order valence-electron chi connectivity index (χ0n) is 20.5. The predicted molar refractivity (Wildman–Crippen MR) is 133 cm³/mol. The van der Waals surface area contributed by atoms with Crippen LogP contribution < -0.4 is 14.8 Å². The Morgan fingerprint density at radius 3 is 1.71 bits per heavy atom. The van der Waals surface area contributed by atoms with Gasteiger partial charge in [0.1, 0.15) is 0 Å². The molecule has 12 nitrogen and oxygen atoms in total. The van der Waals surface area contributed by atoms with E-state index >= 15 is 0 Å². The molecule has 204 valence electrons. The first-order chi connectivity index (χ1) is 18.0. The second-order valence-corrected chi connectivity index (χ2v) is 7.87. The first-order valence-corrected chi connectivity index (χ1v) is 11.1. The van der Waals surface area contributed by atoms with Crippen molar-refractivity contribution in [3.05, 3.63) is 71.3 Å². The molecule has 2 unspecified atom stereocenters. The number of aliphatic hydroxyl groups is 2. The highest BCUT2D eigenvalue weighted by Gasteiger charge is 2.19. The normalized spacial score (nSPS) is 11.9. The number of carboxylic acids is 1. The Morgan fingerprint density at radius 1 is 0.737 bits per heavy atom. The lowest BCUT2D eigenvalue weighted by molar-refractivity contribution is -0.147. The maximum absolute atomic E-state index is 12.0. The van der Waals surface area contributed by atoms with Gasteiger partial charge < -0.3 is 50.5 Å². The summed E-state index contributed by atoms with van der Waals surface area (Å²) in [6.45, 7) is 0.245. The van der Waals surface area contributed by atoms with Gasteiger partial charge in [0.2, 0.25) is 0 Å². The van der Waals surface area contributed by atoms with Crippen LogP contribution in [-0.2, 0) is 16.0 Å². The van der Waals surface area contributed by atoms with Crippen LogP contribution in [-0.4, -0.2) is 68.4 Å². The molecule has 0 saturated carbocycles. The molecule has 0 aliphatic carbocycles. The molecular formula is C26H29NO11. The fraction of sp³-hybridized carbons (Fsp3) is 0.231. The summed E-state index contributed by atoms with van der Waals surface area (Å²) < 4.78 is 9.70. The van der Waals surface area contributed by atoms with Gasteiger partial charge in [0.15, 0.2) is 46.7 Å². The van der Waals surface area contributed by atoms with E-state index in [1.165, 1.54) is 62.8 Å². The minimum absolute atomic E-state index is 0.0824. The summed E-state index contributed by atoms with van der Waals surface area (Å²) in [7, 11) is 2.71. The van der Waals surface area contributed by atoms with Gasteiger partial charge in [-0.05, 0) is 59.5 Å². The molecule has 3 aromatic rings. The number of hydrogen-bond acceptors (Lipinski definition) is 10. The van der Waals surface area contributed by atoms with Gasteiger partial charge in [-0.1, -0.05) is 18.2 Å². The quantitative estimate of drug-likeness (QED) is 0.187. The van der Waals surface area contributed by atoms with Crippen LogP contribution in [0.25, 0.3) is 0 Å². The predicted octanol–water partition coefficient (Wildman–Crippen LogP) is 1.72. The van der Waals surface area contributed by atoms with E-state index in [2.05, 4.69) is 5.32 Å². The number of benzene rings is 3. The number of carbonyl (C=O) groups is 2. The van der Waals surface area contributed by atoms with Crippen LogP contribution in [0.3, 0.4) is 0 Å². The van der Waals surface area contributed by atoms with Crippen molar-refractivity contribution in [2.45, 2.75) is 18.6 Å². The number of phenols is 4. The SMILES string of the molecule is COc1cc(C(O)C(=O)NCCc2ccc(O)c(O)c2)ccc1O.COc1cc(C(O)C(=O)O)ccc1O. The first-order valence-electron chi connectivity index (χ1n) is 11.1. The van der Waals surface area contributed by atoms with E-state index in [-0.39, 0.29) is 46.6 Å². The van der Waals surface area contributed by atoms with Crippen molar-refractivity contribution in [2.75, 3.05) is 20.8 Å². The topological polar surface area (TPSA) is 206 Å². The lowest BCUT2D eigenvalue weighted by Gasteiger charge is -2.13. The fourth-order valence-corrected chi connectivity index (χ4v) is 3.17. The van der Waals surface area contributed by atoms with E-state index in [4.69, 9.17) is 14.6 Å². The Labute approximate surface area is 217 Å². The molecule has 0 spiro atoms. The lowest BCUT2D eigenvalue weighted by atomic mass is 10.1. The molecule has 0 heterocycles. The second-order valence-electron chi connectivity index (χ2n) is 7.87. The second kappa shape index (κ2) is 13.6. The molecule has 0 fully saturated rings. The summed E-state index contributed by atoms with van der Waals surface area (Å²) in [6, 6.07) is 12.4. The van der Waals surface area contributed by atoms with Gasteiger partial charge in [0, 0.05) is 6.54 Å². The standard InChI is InChI=1S/C17H19NO6.C9H10O5/c1-24-15-9-11(3-5-13(15)20)16(22)17(23)18-7-6-10-2-4-12(19)14(21)8-10;1-14-7-4-5(2-3-6(7)10)8(11)9(12)13/h2-5,8-9,16,19-22H,6-7H2,1H3,(H,18,23);2-4,8,10-11H,1H3,(H,12,13). The molecule has 0 aromatic heterocycles. The molecule has 0 aliphatic rings. The number of ether oxygens (including phenoxy) is 2. The molecule has 0 bridgehead atoms. The van der Waals surface area contributed by atoms with Crippen LogP contribution in [0, 0.1) is 0 Å². The molecule has 0 aliphatic heterocycles. The lowest BCUT2D eigenvalue weighted by Crippen LogP contribution is -2.31. The molecule has 8 N–H and O–H groups in total. The number of aromatic hydroxyl groups is 4. The number of hydrogen-bond donors (Lipinski definition) is 8. The van der Waals surface area contributed by atoms with Crippen LogP contribution in [0.15, 0.2) is 54.6 Å². The van der Waals surface area contributed by atoms with Crippen LogP contribution >= 0.6 is 0 Å². The number of amides is 1.